The molecule has 0 radical (unpaired) electrons. The van der Waals surface area contributed by atoms with Gasteiger partial charge in [-0.15, -0.1) is 0 Å². The number of hydrogen-bond acceptors (Lipinski definition) is 3. The fourth-order valence-corrected chi connectivity index (χ4v) is 2.00. The summed E-state index contributed by atoms with van der Waals surface area (Å²) in [6, 6.07) is 6.19. The normalized spacial score (nSPS) is 11.9. The summed E-state index contributed by atoms with van der Waals surface area (Å²) in [5.74, 6) is 0.0430. The van der Waals surface area contributed by atoms with Crippen molar-refractivity contribution in [1.82, 2.24) is 5.16 Å². The highest BCUT2D eigenvalue weighted by molar-refractivity contribution is 5.70. The Labute approximate surface area is 114 Å². The second-order valence-corrected chi connectivity index (χ2v) is 4.83. The van der Waals surface area contributed by atoms with Crippen LogP contribution < -0.4 is 4.74 Å². The smallest absolute Gasteiger partial charge is 0.387 e. The maximum Gasteiger partial charge on any atom is 0.387 e. The third-order valence-electron chi connectivity index (χ3n) is 2.82. The standard InChI is InChI=1S/C14H14F3NO2/c1-8-11(18-20-12(8)14(2,3)17)9-6-4-5-7-10(9)19-13(15)16/h4-7,13H,1-3H3. The van der Waals surface area contributed by atoms with Crippen LogP contribution in [0.4, 0.5) is 13.2 Å². The van der Waals surface area contributed by atoms with Crippen LogP contribution in [0.5, 0.6) is 5.75 Å². The van der Waals surface area contributed by atoms with Crippen molar-refractivity contribution < 1.29 is 22.4 Å². The zero-order valence-corrected chi connectivity index (χ0v) is 11.3. The molecule has 2 aromatic rings. The van der Waals surface area contributed by atoms with E-state index in [4.69, 9.17) is 4.52 Å². The van der Waals surface area contributed by atoms with Gasteiger partial charge in [0.25, 0.3) is 0 Å². The van der Waals surface area contributed by atoms with Crippen molar-refractivity contribution >= 4 is 0 Å². The maximum atomic E-state index is 13.9. The Hall–Kier alpha value is -1.98. The third-order valence-corrected chi connectivity index (χ3v) is 2.82. The Morgan fingerprint density at radius 3 is 2.45 bits per heavy atom. The Morgan fingerprint density at radius 1 is 1.25 bits per heavy atom. The molecule has 108 valence electrons. The first kappa shape index (κ1) is 14.4. The van der Waals surface area contributed by atoms with Gasteiger partial charge in [0, 0.05) is 11.1 Å². The average molecular weight is 285 g/mol. The number of benzene rings is 1. The predicted molar refractivity (Wildman–Crippen MR) is 67.4 cm³/mol. The average Bonchev–Trinajstić information content (AvgIpc) is 2.71. The lowest BCUT2D eigenvalue weighted by atomic mass is 10.00. The van der Waals surface area contributed by atoms with E-state index in [1.807, 2.05) is 0 Å². The van der Waals surface area contributed by atoms with Gasteiger partial charge in [-0.2, -0.15) is 8.78 Å². The van der Waals surface area contributed by atoms with Crippen LogP contribution in [0.1, 0.15) is 25.2 Å². The summed E-state index contributed by atoms with van der Waals surface area (Å²) >= 11 is 0. The van der Waals surface area contributed by atoms with Gasteiger partial charge in [0.1, 0.15) is 11.4 Å². The highest BCUT2D eigenvalue weighted by Crippen LogP contribution is 2.37. The Bertz CT molecular complexity index is 603. The molecule has 0 atom stereocenters. The third kappa shape index (κ3) is 2.79. The van der Waals surface area contributed by atoms with Crippen LogP contribution in [0.15, 0.2) is 28.8 Å². The minimum atomic E-state index is -2.94. The first-order valence-corrected chi connectivity index (χ1v) is 6.00. The molecular weight excluding hydrogens is 271 g/mol. The molecule has 0 aliphatic rings. The van der Waals surface area contributed by atoms with Crippen LogP contribution in [-0.4, -0.2) is 11.8 Å². The number of hydrogen-bond donors (Lipinski definition) is 0. The highest BCUT2D eigenvalue weighted by Gasteiger charge is 2.29. The molecule has 0 amide bonds. The fourth-order valence-electron chi connectivity index (χ4n) is 2.00. The van der Waals surface area contributed by atoms with E-state index in [9.17, 15) is 13.2 Å². The van der Waals surface area contributed by atoms with Crippen LogP contribution in [0, 0.1) is 6.92 Å². The van der Waals surface area contributed by atoms with Gasteiger partial charge in [-0.3, -0.25) is 0 Å². The van der Waals surface area contributed by atoms with Gasteiger partial charge in [-0.25, -0.2) is 4.39 Å². The van der Waals surface area contributed by atoms with Crippen molar-refractivity contribution in [3.63, 3.8) is 0 Å². The first-order valence-electron chi connectivity index (χ1n) is 6.00. The highest BCUT2D eigenvalue weighted by atomic mass is 19.3. The van der Waals surface area contributed by atoms with E-state index >= 15 is 0 Å². The molecule has 0 aliphatic carbocycles. The van der Waals surface area contributed by atoms with E-state index in [0.29, 0.717) is 16.8 Å². The number of aromatic nitrogens is 1. The van der Waals surface area contributed by atoms with E-state index in [1.54, 1.807) is 25.1 Å². The van der Waals surface area contributed by atoms with Gasteiger partial charge >= 0.3 is 6.61 Å². The molecule has 1 aromatic heterocycles. The van der Waals surface area contributed by atoms with Crippen LogP contribution in [0.25, 0.3) is 11.3 Å². The second kappa shape index (κ2) is 5.19. The Balaban J connectivity index is 2.50. The van der Waals surface area contributed by atoms with Crippen molar-refractivity contribution in [2.24, 2.45) is 0 Å². The van der Waals surface area contributed by atoms with Gasteiger partial charge in [0.15, 0.2) is 11.4 Å². The molecule has 1 heterocycles. The van der Waals surface area contributed by atoms with Crippen LogP contribution in [0.2, 0.25) is 0 Å². The number of ether oxygens (including phenoxy) is 1. The van der Waals surface area contributed by atoms with Gasteiger partial charge in [0.2, 0.25) is 0 Å². The van der Waals surface area contributed by atoms with E-state index in [0.717, 1.165) is 0 Å². The van der Waals surface area contributed by atoms with Gasteiger partial charge in [-0.1, -0.05) is 17.3 Å². The lowest BCUT2D eigenvalue weighted by molar-refractivity contribution is -0.0494. The van der Waals surface area contributed by atoms with Crippen molar-refractivity contribution in [2.75, 3.05) is 0 Å². The van der Waals surface area contributed by atoms with E-state index in [1.165, 1.54) is 19.9 Å². The van der Waals surface area contributed by atoms with E-state index in [-0.39, 0.29) is 11.5 Å². The molecule has 0 unspecified atom stereocenters. The molecule has 0 saturated carbocycles. The molecule has 0 saturated heterocycles. The lowest BCUT2D eigenvalue weighted by Gasteiger charge is -2.11. The predicted octanol–water partition coefficient (Wildman–Crippen LogP) is 4.46. The molecular formula is C14H14F3NO2. The van der Waals surface area contributed by atoms with Crippen molar-refractivity contribution in [2.45, 2.75) is 33.1 Å². The molecule has 20 heavy (non-hydrogen) atoms. The van der Waals surface area contributed by atoms with Crippen LogP contribution >= 0.6 is 0 Å². The summed E-state index contributed by atoms with van der Waals surface area (Å²) in [4.78, 5) is 0. The molecule has 6 heteroatoms. The molecule has 1 aromatic carbocycles. The molecule has 0 aliphatic heterocycles. The molecule has 2 rings (SSSR count). The molecule has 0 bridgehead atoms. The topological polar surface area (TPSA) is 35.3 Å². The number of alkyl halides is 3. The number of para-hydroxylation sites is 1. The Morgan fingerprint density at radius 2 is 1.90 bits per heavy atom. The zero-order chi connectivity index (χ0) is 14.9. The van der Waals surface area contributed by atoms with E-state index < -0.39 is 12.3 Å². The minimum Gasteiger partial charge on any atom is -0.434 e. The summed E-state index contributed by atoms with van der Waals surface area (Å²) < 4.78 is 48.2. The summed E-state index contributed by atoms with van der Waals surface area (Å²) in [7, 11) is 0. The van der Waals surface area contributed by atoms with Gasteiger partial charge in [-0.05, 0) is 32.9 Å². The number of halogens is 3. The SMILES string of the molecule is Cc1c(-c2ccccc2OC(F)F)noc1C(C)(C)F. The second-order valence-electron chi connectivity index (χ2n) is 4.83. The summed E-state index contributed by atoms with van der Waals surface area (Å²) in [6.45, 7) is 1.36. The largest absolute Gasteiger partial charge is 0.434 e. The molecule has 0 N–H and O–H groups in total. The lowest BCUT2D eigenvalue weighted by Crippen LogP contribution is -2.09. The summed E-state index contributed by atoms with van der Waals surface area (Å²) in [5, 5.41) is 3.78. The van der Waals surface area contributed by atoms with Gasteiger partial charge in [0.05, 0.1) is 0 Å². The van der Waals surface area contributed by atoms with Gasteiger partial charge < -0.3 is 9.26 Å². The minimum absolute atomic E-state index is 0.0258. The van der Waals surface area contributed by atoms with Crippen LogP contribution in [0.3, 0.4) is 0 Å². The number of rotatable bonds is 4. The number of nitrogens with zero attached hydrogens (tertiary/aromatic N) is 1. The molecule has 0 spiro atoms. The van der Waals surface area contributed by atoms with E-state index in [2.05, 4.69) is 9.89 Å². The monoisotopic (exact) mass is 285 g/mol. The first-order chi connectivity index (χ1) is 9.30. The maximum absolute atomic E-state index is 13.9. The van der Waals surface area contributed by atoms with Crippen molar-refractivity contribution in [3.8, 4) is 17.0 Å². The molecule has 0 fully saturated rings. The van der Waals surface area contributed by atoms with Crippen LogP contribution in [-0.2, 0) is 5.67 Å². The summed E-state index contributed by atoms with van der Waals surface area (Å²) in [6.07, 6.45) is 0. The quantitative estimate of drug-likeness (QED) is 0.832. The Kier molecular flexibility index (Phi) is 3.74. The van der Waals surface area contributed by atoms with Crippen molar-refractivity contribution in [1.29, 1.82) is 0 Å². The molecule has 3 nitrogen and oxygen atoms in total. The fraction of sp³-hybridized carbons (Fsp3) is 0.357. The summed E-state index contributed by atoms with van der Waals surface area (Å²) in [5.41, 5.74) is -0.609. The zero-order valence-electron chi connectivity index (χ0n) is 11.3. The van der Waals surface area contributed by atoms with Crippen molar-refractivity contribution in [3.05, 3.63) is 35.6 Å².